The van der Waals surface area contributed by atoms with Gasteiger partial charge >= 0.3 is 11.4 Å². The van der Waals surface area contributed by atoms with Gasteiger partial charge in [0.05, 0.1) is 0 Å². The summed E-state index contributed by atoms with van der Waals surface area (Å²) in [6.07, 6.45) is 0. The minimum absolute atomic E-state index is 0.106. The lowest BCUT2D eigenvalue weighted by Crippen LogP contribution is -1.97. The van der Waals surface area contributed by atoms with Gasteiger partial charge < -0.3 is 4.18 Å². The Balaban J connectivity index is 2.69. The summed E-state index contributed by atoms with van der Waals surface area (Å²) in [5, 5.41) is 0. The third-order valence-corrected chi connectivity index (χ3v) is 3.51. The molecule has 0 radical (unpaired) electrons. The van der Waals surface area contributed by atoms with E-state index in [0.717, 1.165) is 11.1 Å². The van der Waals surface area contributed by atoms with Gasteiger partial charge in [0.15, 0.2) is 11.5 Å². The molecule has 106 valence electrons. The first-order valence-corrected chi connectivity index (χ1v) is 7.30. The number of Topliss-reactive ketones (excluding diaryl/α,β-unsaturated/α-hetero) is 1. The molecule has 0 aromatic rings. The van der Waals surface area contributed by atoms with Crippen LogP contribution in [0.4, 0.5) is 0 Å². The van der Waals surface area contributed by atoms with Gasteiger partial charge in [0.1, 0.15) is 0 Å². The summed E-state index contributed by atoms with van der Waals surface area (Å²) in [5.41, 5.74) is 2.96. The molecule has 20 heavy (non-hydrogen) atoms. The summed E-state index contributed by atoms with van der Waals surface area (Å²) < 4.78 is 24.7. The van der Waals surface area contributed by atoms with Gasteiger partial charge in [-0.15, -0.1) is 0 Å². The Bertz CT molecular complexity index is 649. The van der Waals surface area contributed by atoms with Crippen LogP contribution in [-0.2, 0) is 11.4 Å². The van der Waals surface area contributed by atoms with Gasteiger partial charge in [-0.05, 0) is 36.1 Å². The molecule has 0 bridgehead atoms. The second-order valence-electron chi connectivity index (χ2n) is 4.93. The van der Waals surface area contributed by atoms with Gasteiger partial charge in [0.2, 0.25) is 0 Å². The predicted molar refractivity (Wildman–Crippen MR) is 78.6 cm³/mol. The fourth-order valence-electron chi connectivity index (χ4n) is 2.16. The number of rotatable bonds is 4. The molecule has 0 aromatic carbocycles. The van der Waals surface area contributed by atoms with Crippen molar-refractivity contribution in [1.82, 2.24) is 0 Å². The van der Waals surface area contributed by atoms with Crippen LogP contribution in [0.25, 0.3) is 11.1 Å². The molecule has 4 nitrogen and oxygen atoms in total. The van der Waals surface area contributed by atoms with E-state index < -0.39 is 11.4 Å². The van der Waals surface area contributed by atoms with E-state index >= 15 is 0 Å². The van der Waals surface area contributed by atoms with Crippen LogP contribution in [0.3, 0.4) is 0 Å². The molecule has 2 aliphatic rings. The van der Waals surface area contributed by atoms with Crippen LogP contribution < -0.4 is 4.18 Å². The number of hydrogen-bond acceptors (Lipinski definition) is 3. The van der Waals surface area contributed by atoms with Crippen molar-refractivity contribution in [1.29, 1.82) is 0 Å². The maximum Gasteiger partial charge on any atom is 0.357 e. The standard InChI is InChI=1S/C15H16O4S/c1-9(2)11-5-4-6-12-13(10(3)16)8-15(14(12)7-11)19-20(17)18/h4-9H,1-3H3,(H,17,18). The molecule has 2 rings (SSSR count). The molecule has 0 heterocycles. The van der Waals surface area contributed by atoms with Crippen molar-refractivity contribution in [3.8, 4) is 16.9 Å². The summed E-state index contributed by atoms with van der Waals surface area (Å²) in [6, 6.07) is 9.09. The smallest absolute Gasteiger partial charge is 0.357 e. The molecule has 1 N–H and O–H groups in total. The number of hydrogen-bond donors (Lipinski definition) is 1. The Labute approximate surface area is 120 Å². The predicted octanol–water partition coefficient (Wildman–Crippen LogP) is 3.63. The number of fused-ring (bicyclic) bond motifs is 1. The molecule has 0 fully saturated rings. The molecule has 1 unspecified atom stereocenters. The number of ketones is 1. The summed E-state index contributed by atoms with van der Waals surface area (Å²) in [4.78, 5) is 11.7. The van der Waals surface area contributed by atoms with Crippen LogP contribution in [0.2, 0.25) is 0 Å². The summed E-state index contributed by atoms with van der Waals surface area (Å²) in [6.45, 7) is 5.58. The summed E-state index contributed by atoms with van der Waals surface area (Å²) in [7, 11) is 0. The van der Waals surface area contributed by atoms with E-state index in [1.165, 1.54) is 13.0 Å². The average Bonchev–Trinajstić information content (AvgIpc) is 2.56. The SMILES string of the molecule is CC(=O)c1cc(OS(=O)O)c2cc(C(C)C)cccc1-2. The van der Waals surface area contributed by atoms with E-state index in [1.54, 1.807) is 0 Å². The minimum atomic E-state index is -2.42. The Morgan fingerprint density at radius 2 is 1.95 bits per heavy atom. The normalized spacial score (nSPS) is 12.7. The van der Waals surface area contributed by atoms with Gasteiger partial charge in [-0.25, -0.2) is 0 Å². The molecule has 5 heteroatoms. The fourth-order valence-corrected chi connectivity index (χ4v) is 2.45. The Morgan fingerprint density at radius 1 is 1.25 bits per heavy atom. The van der Waals surface area contributed by atoms with Crippen LogP contribution in [0.1, 0.15) is 42.6 Å². The highest BCUT2D eigenvalue weighted by Gasteiger charge is 2.20. The van der Waals surface area contributed by atoms with Crippen LogP contribution in [0, 0.1) is 0 Å². The molecule has 0 aromatic heterocycles. The second-order valence-corrected chi connectivity index (χ2v) is 5.53. The van der Waals surface area contributed by atoms with E-state index in [-0.39, 0.29) is 11.5 Å². The third kappa shape index (κ3) is 2.89. The van der Waals surface area contributed by atoms with Gasteiger partial charge in [0, 0.05) is 11.1 Å². The minimum Gasteiger partial charge on any atom is -0.379 e. The Morgan fingerprint density at radius 3 is 2.50 bits per heavy atom. The van der Waals surface area contributed by atoms with Crippen molar-refractivity contribution in [2.24, 2.45) is 0 Å². The Kier molecular flexibility index (Phi) is 4.20. The summed E-state index contributed by atoms with van der Waals surface area (Å²) in [5.74, 6) is 0.448. The first-order valence-electron chi connectivity index (χ1n) is 6.27. The van der Waals surface area contributed by atoms with Crippen LogP contribution in [-0.4, -0.2) is 14.5 Å². The van der Waals surface area contributed by atoms with Crippen LogP contribution in [0.5, 0.6) is 5.75 Å². The quantitative estimate of drug-likeness (QED) is 0.690. The largest absolute Gasteiger partial charge is 0.379 e. The lowest BCUT2D eigenvalue weighted by atomic mass is 10.0. The Hall–Kier alpha value is -1.72. The first-order chi connectivity index (χ1) is 9.40. The van der Waals surface area contributed by atoms with E-state index in [0.29, 0.717) is 17.0 Å². The molecular formula is C15H16O4S. The summed E-state index contributed by atoms with van der Waals surface area (Å²) >= 11 is -2.42. The molecular weight excluding hydrogens is 276 g/mol. The van der Waals surface area contributed by atoms with Crippen LogP contribution in [0.15, 0.2) is 30.3 Å². The van der Waals surface area contributed by atoms with Gasteiger partial charge in [-0.3, -0.25) is 9.35 Å². The number of carbonyl (C=O) groups excluding carboxylic acids is 1. The lowest BCUT2D eigenvalue weighted by molar-refractivity contribution is 0.101. The zero-order chi connectivity index (χ0) is 14.9. The fraction of sp³-hybridized carbons (Fsp3) is 0.267. The van der Waals surface area contributed by atoms with E-state index in [9.17, 15) is 9.00 Å². The number of carbonyl (C=O) groups is 1. The highest BCUT2D eigenvalue weighted by Crippen LogP contribution is 2.39. The second kappa shape index (κ2) is 5.73. The topological polar surface area (TPSA) is 63.6 Å². The van der Waals surface area contributed by atoms with E-state index in [1.807, 2.05) is 24.3 Å². The van der Waals surface area contributed by atoms with E-state index in [4.69, 9.17) is 8.74 Å². The first kappa shape index (κ1) is 14.7. The molecule has 1 atom stereocenters. The van der Waals surface area contributed by atoms with Crippen molar-refractivity contribution >= 4 is 17.1 Å². The van der Waals surface area contributed by atoms with Crippen molar-refractivity contribution in [3.63, 3.8) is 0 Å². The molecule has 0 amide bonds. The third-order valence-electron chi connectivity index (χ3n) is 3.19. The van der Waals surface area contributed by atoms with Crippen molar-refractivity contribution < 1.29 is 17.7 Å². The molecule has 0 saturated heterocycles. The molecule has 2 aliphatic carbocycles. The van der Waals surface area contributed by atoms with Gasteiger partial charge in [-0.1, -0.05) is 32.0 Å². The van der Waals surface area contributed by atoms with Crippen molar-refractivity contribution in [3.05, 3.63) is 41.5 Å². The molecule has 0 aliphatic heterocycles. The van der Waals surface area contributed by atoms with Gasteiger partial charge in [-0.2, -0.15) is 4.21 Å². The van der Waals surface area contributed by atoms with Crippen LogP contribution >= 0.6 is 0 Å². The van der Waals surface area contributed by atoms with Crippen molar-refractivity contribution in [2.75, 3.05) is 0 Å². The highest BCUT2D eigenvalue weighted by molar-refractivity contribution is 7.74. The van der Waals surface area contributed by atoms with Crippen molar-refractivity contribution in [2.45, 2.75) is 26.7 Å². The van der Waals surface area contributed by atoms with E-state index in [2.05, 4.69) is 13.8 Å². The molecule has 0 spiro atoms. The zero-order valence-electron chi connectivity index (χ0n) is 11.5. The highest BCUT2D eigenvalue weighted by atomic mass is 32.2. The monoisotopic (exact) mass is 292 g/mol. The zero-order valence-corrected chi connectivity index (χ0v) is 12.4. The molecule has 0 saturated carbocycles. The van der Waals surface area contributed by atoms with Gasteiger partial charge in [0.25, 0.3) is 0 Å². The maximum absolute atomic E-state index is 11.7. The lowest BCUT2D eigenvalue weighted by Gasteiger charge is -2.04. The average molecular weight is 292 g/mol. The maximum atomic E-state index is 11.7.